The number of aromatic nitrogens is 2. The van der Waals surface area contributed by atoms with Crippen LogP contribution in [0.4, 0.5) is 0 Å². The summed E-state index contributed by atoms with van der Waals surface area (Å²) in [7, 11) is 0. The normalized spacial score (nSPS) is 12.9. The molecule has 0 spiro atoms. The summed E-state index contributed by atoms with van der Waals surface area (Å²) in [6.45, 7) is 6.44. The monoisotopic (exact) mass is 226 g/mol. The van der Waals surface area contributed by atoms with Crippen molar-refractivity contribution < 1.29 is 9.84 Å². The molecule has 1 unspecified atom stereocenters. The Balaban J connectivity index is 2.39. The molecule has 1 aromatic heterocycles. The molecule has 4 heteroatoms. The van der Waals surface area contributed by atoms with Gasteiger partial charge in [-0.15, -0.1) is 0 Å². The van der Waals surface area contributed by atoms with Crippen LogP contribution in [0.5, 0.6) is 0 Å². The van der Waals surface area contributed by atoms with Crippen molar-refractivity contribution in [3.05, 3.63) is 18.2 Å². The summed E-state index contributed by atoms with van der Waals surface area (Å²) in [5, 5.41) is 9.95. The van der Waals surface area contributed by atoms with Gasteiger partial charge in [0.2, 0.25) is 0 Å². The van der Waals surface area contributed by atoms with Crippen molar-refractivity contribution in [1.82, 2.24) is 9.55 Å². The Kier molecular flexibility index (Phi) is 6.11. The Morgan fingerprint density at radius 3 is 2.88 bits per heavy atom. The molecule has 0 aromatic carbocycles. The van der Waals surface area contributed by atoms with Gasteiger partial charge in [0.25, 0.3) is 0 Å². The minimum Gasteiger partial charge on any atom is -0.385 e. The number of hydrogen-bond acceptors (Lipinski definition) is 3. The highest BCUT2D eigenvalue weighted by Gasteiger charge is 2.12. The smallest absolute Gasteiger partial charge is 0.137 e. The number of imidazole rings is 1. The van der Waals surface area contributed by atoms with Crippen molar-refractivity contribution in [2.45, 2.75) is 45.8 Å². The molecule has 1 N–H and O–H groups in total. The molecule has 0 bridgehead atoms. The number of aliphatic hydroxyl groups is 1. The van der Waals surface area contributed by atoms with Gasteiger partial charge in [-0.25, -0.2) is 4.98 Å². The quantitative estimate of drug-likeness (QED) is 0.691. The van der Waals surface area contributed by atoms with Crippen molar-refractivity contribution >= 4 is 0 Å². The van der Waals surface area contributed by atoms with E-state index in [4.69, 9.17) is 4.74 Å². The van der Waals surface area contributed by atoms with Crippen LogP contribution in [0, 0.1) is 0 Å². The van der Waals surface area contributed by atoms with Crippen molar-refractivity contribution in [3.63, 3.8) is 0 Å². The highest BCUT2D eigenvalue weighted by Crippen LogP contribution is 2.15. The van der Waals surface area contributed by atoms with Crippen LogP contribution in [0.3, 0.4) is 0 Å². The molecule has 1 atom stereocenters. The third kappa shape index (κ3) is 3.94. The van der Waals surface area contributed by atoms with Gasteiger partial charge in [-0.2, -0.15) is 0 Å². The van der Waals surface area contributed by atoms with E-state index >= 15 is 0 Å². The number of aryl methyl sites for hydroxylation is 1. The highest BCUT2D eigenvalue weighted by molar-refractivity contribution is 4.96. The fourth-order valence-electron chi connectivity index (χ4n) is 1.62. The molecule has 0 aliphatic rings. The molecule has 16 heavy (non-hydrogen) atoms. The first kappa shape index (κ1) is 13.2. The average molecular weight is 226 g/mol. The van der Waals surface area contributed by atoms with E-state index in [0.29, 0.717) is 13.0 Å². The minimum absolute atomic E-state index is 0.515. The number of ether oxygens (including phenoxy) is 1. The van der Waals surface area contributed by atoms with E-state index in [9.17, 15) is 5.11 Å². The van der Waals surface area contributed by atoms with E-state index < -0.39 is 6.10 Å². The molecule has 0 saturated carbocycles. The zero-order chi connectivity index (χ0) is 11.8. The van der Waals surface area contributed by atoms with Crippen molar-refractivity contribution in [2.24, 2.45) is 0 Å². The Labute approximate surface area is 97.3 Å². The van der Waals surface area contributed by atoms with Crippen LogP contribution < -0.4 is 0 Å². The average Bonchev–Trinajstić information content (AvgIpc) is 2.73. The molecule has 4 nitrogen and oxygen atoms in total. The van der Waals surface area contributed by atoms with Gasteiger partial charge in [-0.05, 0) is 12.8 Å². The lowest BCUT2D eigenvalue weighted by atomic mass is 10.2. The predicted molar refractivity (Wildman–Crippen MR) is 63.2 cm³/mol. The van der Waals surface area contributed by atoms with Gasteiger partial charge in [0, 0.05) is 38.6 Å². The molecule has 1 aromatic rings. The van der Waals surface area contributed by atoms with E-state index in [2.05, 4.69) is 18.8 Å². The first-order valence-corrected chi connectivity index (χ1v) is 6.06. The molecule has 92 valence electrons. The van der Waals surface area contributed by atoms with Crippen LogP contribution in [0.2, 0.25) is 0 Å². The Bertz CT molecular complexity index is 286. The topological polar surface area (TPSA) is 47.3 Å². The largest absolute Gasteiger partial charge is 0.385 e. The summed E-state index contributed by atoms with van der Waals surface area (Å²) >= 11 is 0. The molecule has 1 rings (SSSR count). The lowest BCUT2D eigenvalue weighted by Crippen LogP contribution is -2.11. The summed E-state index contributed by atoms with van der Waals surface area (Å²) in [6, 6.07) is 0. The lowest BCUT2D eigenvalue weighted by Gasteiger charge is -2.12. The van der Waals surface area contributed by atoms with Crippen molar-refractivity contribution in [2.75, 3.05) is 13.2 Å². The molecule has 0 saturated heterocycles. The molecule has 0 aliphatic heterocycles. The molecular weight excluding hydrogens is 204 g/mol. The van der Waals surface area contributed by atoms with E-state index in [1.54, 1.807) is 6.20 Å². The van der Waals surface area contributed by atoms with Gasteiger partial charge >= 0.3 is 0 Å². The number of aliphatic hydroxyl groups excluding tert-OH is 1. The standard InChI is InChI=1S/C12H22N2O2/c1-3-7-14-8-6-13-12(14)11(15)5-10-16-9-4-2/h6,8,11,15H,3-5,7,9-10H2,1-2H3. The van der Waals surface area contributed by atoms with Gasteiger partial charge in [0.15, 0.2) is 0 Å². The van der Waals surface area contributed by atoms with E-state index in [0.717, 1.165) is 31.8 Å². The highest BCUT2D eigenvalue weighted by atomic mass is 16.5. The van der Waals surface area contributed by atoms with Crippen LogP contribution in [-0.2, 0) is 11.3 Å². The summed E-state index contributed by atoms with van der Waals surface area (Å²) < 4.78 is 7.36. The molecular formula is C12H22N2O2. The second-order valence-electron chi connectivity index (χ2n) is 3.90. The number of nitrogens with zero attached hydrogens (tertiary/aromatic N) is 2. The maximum Gasteiger partial charge on any atom is 0.137 e. The molecule has 0 radical (unpaired) electrons. The second-order valence-corrected chi connectivity index (χ2v) is 3.90. The predicted octanol–water partition coefficient (Wildman–Crippen LogP) is 2.14. The minimum atomic E-state index is -0.515. The Hall–Kier alpha value is -0.870. The third-order valence-electron chi connectivity index (χ3n) is 2.39. The maximum absolute atomic E-state index is 9.95. The van der Waals surface area contributed by atoms with Crippen LogP contribution in [0.25, 0.3) is 0 Å². The molecule has 0 aliphatic carbocycles. The third-order valence-corrected chi connectivity index (χ3v) is 2.39. The summed E-state index contributed by atoms with van der Waals surface area (Å²) in [5.74, 6) is 0.752. The zero-order valence-corrected chi connectivity index (χ0v) is 10.2. The SMILES string of the molecule is CCCOCCC(O)c1nccn1CCC. The van der Waals surface area contributed by atoms with Gasteiger partial charge in [0.1, 0.15) is 11.9 Å². The van der Waals surface area contributed by atoms with Gasteiger partial charge < -0.3 is 14.4 Å². The van der Waals surface area contributed by atoms with Crippen LogP contribution in [-0.4, -0.2) is 27.9 Å². The van der Waals surface area contributed by atoms with E-state index in [-0.39, 0.29) is 0 Å². The van der Waals surface area contributed by atoms with Gasteiger partial charge in [-0.3, -0.25) is 0 Å². The van der Waals surface area contributed by atoms with Crippen molar-refractivity contribution in [1.29, 1.82) is 0 Å². The fraction of sp³-hybridized carbons (Fsp3) is 0.750. The van der Waals surface area contributed by atoms with Gasteiger partial charge in [-0.1, -0.05) is 13.8 Å². The summed E-state index contributed by atoms with van der Waals surface area (Å²) in [6.07, 6.45) is 5.80. The lowest BCUT2D eigenvalue weighted by molar-refractivity contribution is 0.0766. The van der Waals surface area contributed by atoms with Crippen LogP contribution in [0.1, 0.15) is 45.0 Å². The molecule has 0 fully saturated rings. The van der Waals surface area contributed by atoms with Crippen LogP contribution >= 0.6 is 0 Å². The summed E-state index contributed by atoms with van der Waals surface area (Å²) in [4.78, 5) is 4.19. The fourth-order valence-corrected chi connectivity index (χ4v) is 1.62. The second kappa shape index (κ2) is 7.41. The summed E-state index contributed by atoms with van der Waals surface area (Å²) in [5.41, 5.74) is 0. The van der Waals surface area contributed by atoms with Gasteiger partial charge in [0.05, 0.1) is 0 Å². The molecule has 0 amide bonds. The van der Waals surface area contributed by atoms with E-state index in [1.807, 2.05) is 10.8 Å². The first-order chi connectivity index (χ1) is 7.79. The van der Waals surface area contributed by atoms with E-state index in [1.165, 1.54) is 0 Å². The zero-order valence-electron chi connectivity index (χ0n) is 10.2. The number of rotatable bonds is 8. The van der Waals surface area contributed by atoms with Crippen molar-refractivity contribution in [3.8, 4) is 0 Å². The first-order valence-electron chi connectivity index (χ1n) is 6.06. The van der Waals surface area contributed by atoms with Crippen LogP contribution in [0.15, 0.2) is 12.4 Å². The number of hydrogen-bond donors (Lipinski definition) is 1. The Morgan fingerprint density at radius 2 is 2.19 bits per heavy atom. The maximum atomic E-state index is 9.95. The molecule has 1 heterocycles. The Morgan fingerprint density at radius 1 is 1.38 bits per heavy atom.